The molecule has 6 heteroatoms. The van der Waals surface area contributed by atoms with E-state index in [2.05, 4.69) is 5.32 Å². The van der Waals surface area contributed by atoms with Crippen molar-refractivity contribution in [3.63, 3.8) is 0 Å². The van der Waals surface area contributed by atoms with E-state index in [4.69, 9.17) is 0 Å². The standard InChI is InChI=1S/C16H17FN2O3/c17-14-6-2-1-5-12(14)9-15(21)18-10-13(20)11-19-8-4-3-7-16(19)22/h1-8,13,20H,9-11H2,(H,18,21). The molecule has 0 aliphatic rings. The SMILES string of the molecule is O=C(Cc1ccccc1F)NCC(O)Cn1ccccc1=O. The zero-order chi connectivity index (χ0) is 15.9. The lowest BCUT2D eigenvalue weighted by Crippen LogP contribution is -2.37. The van der Waals surface area contributed by atoms with E-state index < -0.39 is 11.9 Å². The third-order valence-electron chi connectivity index (χ3n) is 3.15. The number of carbonyl (C=O) groups is 1. The Morgan fingerprint density at radius 2 is 1.95 bits per heavy atom. The van der Waals surface area contributed by atoms with E-state index in [-0.39, 0.29) is 31.0 Å². The largest absolute Gasteiger partial charge is 0.389 e. The molecule has 0 radical (unpaired) electrons. The highest BCUT2D eigenvalue weighted by Gasteiger charge is 2.10. The molecule has 1 atom stereocenters. The summed E-state index contributed by atoms with van der Waals surface area (Å²) in [6, 6.07) is 10.7. The average Bonchev–Trinajstić information content (AvgIpc) is 2.50. The summed E-state index contributed by atoms with van der Waals surface area (Å²) in [6.07, 6.45) is 0.571. The van der Waals surface area contributed by atoms with Crippen LogP contribution >= 0.6 is 0 Å². The van der Waals surface area contributed by atoms with Gasteiger partial charge in [0.2, 0.25) is 5.91 Å². The van der Waals surface area contributed by atoms with Gasteiger partial charge < -0.3 is 15.0 Å². The normalized spacial score (nSPS) is 11.9. The van der Waals surface area contributed by atoms with E-state index in [0.717, 1.165) is 0 Å². The van der Waals surface area contributed by atoms with Crippen LogP contribution in [0.1, 0.15) is 5.56 Å². The number of pyridine rings is 1. The Balaban J connectivity index is 1.82. The van der Waals surface area contributed by atoms with Crippen molar-refractivity contribution in [3.05, 3.63) is 70.4 Å². The average molecular weight is 304 g/mol. The Hall–Kier alpha value is -2.47. The van der Waals surface area contributed by atoms with Crippen molar-refractivity contribution in [1.82, 2.24) is 9.88 Å². The fourth-order valence-corrected chi connectivity index (χ4v) is 2.01. The summed E-state index contributed by atoms with van der Waals surface area (Å²) in [5.74, 6) is -0.821. The summed E-state index contributed by atoms with van der Waals surface area (Å²) in [4.78, 5) is 23.2. The molecule has 2 rings (SSSR count). The summed E-state index contributed by atoms with van der Waals surface area (Å²) >= 11 is 0. The number of nitrogens with zero attached hydrogens (tertiary/aromatic N) is 1. The molecule has 1 aromatic carbocycles. The fourth-order valence-electron chi connectivity index (χ4n) is 2.01. The van der Waals surface area contributed by atoms with Crippen LogP contribution in [0.15, 0.2) is 53.5 Å². The first-order valence-corrected chi connectivity index (χ1v) is 6.90. The fraction of sp³-hybridized carbons (Fsp3) is 0.250. The minimum Gasteiger partial charge on any atom is -0.389 e. The zero-order valence-corrected chi connectivity index (χ0v) is 11.9. The molecule has 1 amide bonds. The number of rotatable bonds is 6. The predicted octanol–water partition coefficient (Wildman–Crippen LogP) is 0.707. The highest BCUT2D eigenvalue weighted by molar-refractivity contribution is 5.78. The first-order valence-electron chi connectivity index (χ1n) is 6.90. The maximum atomic E-state index is 13.4. The number of amides is 1. The number of carbonyl (C=O) groups excluding carboxylic acids is 1. The first-order chi connectivity index (χ1) is 10.6. The number of halogens is 1. The molecule has 0 fully saturated rings. The Bertz CT molecular complexity index is 700. The van der Waals surface area contributed by atoms with Crippen LogP contribution in [0.5, 0.6) is 0 Å². The molecule has 22 heavy (non-hydrogen) atoms. The van der Waals surface area contributed by atoms with Crippen molar-refractivity contribution in [2.24, 2.45) is 0 Å². The smallest absolute Gasteiger partial charge is 0.250 e. The lowest BCUT2D eigenvalue weighted by molar-refractivity contribution is -0.121. The van der Waals surface area contributed by atoms with E-state index >= 15 is 0 Å². The van der Waals surface area contributed by atoms with Gasteiger partial charge in [-0.2, -0.15) is 0 Å². The predicted molar refractivity (Wildman–Crippen MR) is 79.8 cm³/mol. The van der Waals surface area contributed by atoms with Gasteiger partial charge in [-0.3, -0.25) is 9.59 Å². The van der Waals surface area contributed by atoms with Crippen LogP contribution < -0.4 is 10.9 Å². The van der Waals surface area contributed by atoms with Crippen LogP contribution in [-0.4, -0.2) is 28.2 Å². The van der Waals surface area contributed by atoms with Gasteiger partial charge in [0, 0.05) is 18.8 Å². The maximum Gasteiger partial charge on any atom is 0.250 e. The molecular formula is C16H17FN2O3. The topological polar surface area (TPSA) is 71.3 Å². The van der Waals surface area contributed by atoms with Gasteiger partial charge >= 0.3 is 0 Å². The molecule has 0 aliphatic heterocycles. The van der Waals surface area contributed by atoms with Crippen LogP contribution in [0.2, 0.25) is 0 Å². The number of aliphatic hydroxyl groups is 1. The van der Waals surface area contributed by atoms with Crippen LogP contribution in [0.4, 0.5) is 4.39 Å². The van der Waals surface area contributed by atoms with Crippen LogP contribution in [0.3, 0.4) is 0 Å². The minimum absolute atomic E-state index is 0.00534. The molecule has 1 heterocycles. The van der Waals surface area contributed by atoms with Crippen LogP contribution in [0, 0.1) is 5.82 Å². The summed E-state index contributed by atoms with van der Waals surface area (Å²) < 4.78 is 14.8. The lowest BCUT2D eigenvalue weighted by Gasteiger charge is -2.13. The van der Waals surface area contributed by atoms with Gasteiger partial charge in [0.1, 0.15) is 5.82 Å². The summed E-state index contributed by atoms with van der Waals surface area (Å²) in [5.41, 5.74) is 0.0769. The van der Waals surface area contributed by atoms with Gasteiger partial charge in [0.25, 0.3) is 5.56 Å². The molecule has 1 unspecified atom stereocenters. The molecule has 116 valence electrons. The van der Waals surface area contributed by atoms with Gasteiger partial charge in [-0.1, -0.05) is 24.3 Å². The molecule has 0 saturated carbocycles. The van der Waals surface area contributed by atoms with Gasteiger partial charge in [-0.15, -0.1) is 0 Å². The maximum absolute atomic E-state index is 13.4. The number of aliphatic hydroxyl groups excluding tert-OH is 1. The van der Waals surface area contributed by atoms with Gasteiger partial charge in [-0.25, -0.2) is 4.39 Å². The van der Waals surface area contributed by atoms with Crippen LogP contribution in [-0.2, 0) is 17.8 Å². The molecule has 5 nitrogen and oxygen atoms in total. The second kappa shape index (κ2) is 7.51. The van der Waals surface area contributed by atoms with Crippen molar-refractivity contribution >= 4 is 5.91 Å². The molecule has 0 saturated heterocycles. The van der Waals surface area contributed by atoms with E-state index in [1.807, 2.05) is 0 Å². The Labute approximate surface area is 127 Å². The Morgan fingerprint density at radius 1 is 1.23 bits per heavy atom. The van der Waals surface area contributed by atoms with Crippen molar-refractivity contribution in [3.8, 4) is 0 Å². The second-order valence-corrected chi connectivity index (χ2v) is 4.92. The molecule has 1 aromatic heterocycles. The van der Waals surface area contributed by atoms with Crippen molar-refractivity contribution in [2.75, 3.05) is 6.54 Å². The highest BCUT2D eigenvalue weighted by atomic mass is 19.1. The molecule has 2 aromatic rings. The van der Waals surface area contributed by atoms with Crippen LogP contribution in [0.25, 0.3) is 0 Å². The van der Waals surface area contributed by atoms with Gasteiger partial charge in [0.05, 0.1) is 19.1 Å². The lowest BCUT2D eigenvalue weighted by atomic mass is 10.1. The van der Waals surface area contributed by atoms with Gasteiger partial charge in [-0.05, 0) is 17.7 Å². The minimum atomic E-state index is -0.898. The Kier molecular flexibility index (Phi) is 5.43. The number of benzene rings is 1. The molecular weight excluding hydrogens is 287 g/mol. The molecule has 2 N–H and O–H groups in total. The third kappa shape index (κ3) is 4.53. The summed E-state index contributed by atoms with van der Waals surface area (Å²) in [7, 11) is 0. The van der Waals surface area contributed by atoms with Gasteiger partial charge in [0.15, 0.2) is 0 Å². The Morgan fingerprint density at radius 3 is 2.68 bits per heavy atom. The summed E-state index contributed by atoms with van der Waals surface area (Å²) in [6.45, 7) is 0.0777. The molecule has 0 bridgehead atoms. The van der Waals surface area contributed by atoms with Crippen molar-refractivity contribution in [1.29, 1.82) is 0 Å². The highest BCUT2D eigenvalue weighted by Crippen LogP contribution is 2.06. The van der Waals surface area contributed by atoms with E-state index in [1.165, 1.54) is 22.8 Å². The number of nitrogens with one attached hydrogen (secondary N) is 1. The van der Waals surface area contributed by atoms with Crippen molar-refractivity contribution < 1.29 is 14.3 Å². The van der Waals surface area contributed by atoms with E-state index in [0.29, 0.717) is 5.56 Å². The number of hydrogen-bond acceptors (Lipinski definition) is 3. The zero-order valence-electron chi connectivity index (χ0n) is 11.9. The monoisotopic (exact) mass is 304 g/mol. The quantitative estimate of drug-likeness (QED) is 0.825. The molecule has 0 aliphatic carbocycles. The second-order valence-electron chi connectivity index (χ2n) is 4.92. The molecule has 0 spiro atoms. The van der Waals surface area contributed by atoms with E-state index in [1.54, 1.807) is 30.5 Å². The number of hydrogen-bond donors (Lipinski definition) is 2. The first kappa shape index (κ1) is 15.9. The third-order valence-corrected chi connectivity index (χ3v) is 3.15. The van der Waals surface area contributed by atoms with E-state index in [9.17, 15) is 19.1 Å². The number of aromatic nitrogens is 1. The summed E-state index contributed by atoms with van der Waals surface area (Å²) in [5, 5.41) is 12.4. The van der Waals surface area contributed by atoms with Crippen molar-refractivity contribution in [2.45, 2.75) is 19.1 Å².